The van der Waals surface area contributed by atoms with Gasteiger partial charge in [-0.1, -0.05) is 0 Å². The van der Waals surface area contributed by atoms with Crippen LogP contribution in [0.4, 0.5) is 4.39 Å². The molecule has 0 aromatic rings. The van der Waals surface area contributed by atoms with Crippen LogP contribution < -0.4 is 0 Å². The molecule has 4 fully saturated rings. The summed E-state index contributed by atoms with van der Waals surface area (Å²) in [4.78, 5) is 11.8. The molecule has 4 saturated carbocycles. The molecule has 4 bridgehead atoms. The van der Waals surface area contributed by atoms with Gasteiger partial charge in [0.2, 0.25) is 0 Å². The highest BCUT2D eigenvalue weighted by Crippen LogP contribution is 2.63. The molecule has 2 atom stereocenters. The molecule has 15 heavy (non-hydrogen) atoms. The summed E-state index contributed by atoms with van der Waals surface area (Å²) in [7, 11) is 1.42. The molecular weight excluding hydrogens is 195 g/mol. The van der Waals surface area contributed by atoms with Crippen LogP contribution in [0.3, 0.4) is 0 Å². The molecule has 2 unspecified atom stereocenters. The number of ether oxygens (including phenoxy) is 1. The van der Waals surface area contributed by atoms with E-state index in [9.17, 15) is 9.18 Å². The van der Waals surface area contributed by atoms with Gasteiger partial charge in [0.25, 0.3) is 0 Å². The minimum Gasteiger partial charge on any atom is -0.469 e. The van der Waals surface area contributed by atoms with Gasteiger partial charge in [-0.3, -0.25) is 4.79 Å². The van der Waals surface area contributed by atoms with Crippen molar-refractivity contribution >= 4 is 5.97 Å². The average Bonchev–Trinajstić information content (AvgIpc) is 2.12. The molecule has 0 heterocycles. The lowest BCUT2D eigenvalue weighted by Gasteiger charge is -2.57. The fourth-order valence-electron chi connectivity index (χ4n) is 4.61. The van der Waals surface area contributed by atoms with Gasteiger partial charge in [0.1, 0.15) is 5.67 Å². The number of rotatable bonds is 1. The Balaban J connectivity index is 1.96. The predicted octanol–water partition coefficient (Wildman–Crippen LogP) is 2.47. The Morgan fingerprint density at radius 2 is 1.87 bits per heavy atom. The van der Waals surface area contributed by atoms with E-state index in [2.05, 4.69) is 0 Å². The van der Waals surface area contributed by atoms with Crippen LogP contribution in [0.15, 0.2) is 0 Å². The monoisotopic (exact) mass is 212 g/mol. The normalized spacial score (nSPS) is 51.9. The van der Waals surface area contributed by atoms with Gasteiger partial charge in [0.15, 0.2) is 0 Å². The molecule has 0 amide bonds. The number of halogens is 1. The van der Waals surface area contributed by atoms with Crippen molar-refractivity contribution in [2.75, 3.05) is 7.11 Å². The van der Waals surface area contributed by atoms with Gasteiger partial charge in [0, 0.05) is 0 Å². The zero-order valence-electron chi connectivity index (χ0n) is 9.09. The maximum absolute atomic E-state index is 14.4. The van der Waals surface area contributed by atoms with Crippen LogP contribution in [0.2, 0.25) is 0 Å². The number of hydrogen-bond donors (Lipinski definition) is 0. The Kier molecular flexibility index (Phi) is 1.76. The molecule has 4 rings (SSSR count). The molecular formula is C12H17FO2. The Morgan fingerprint density at radius 1 is 1.27 bits per heavy atom. The quantitative estimate of drug-likeness (QED) is 0.624. The summed E-state index contributed by atoms with van der Waals surface area (Å²) in [6.07, 6.45) is 4.64. The maximum Gasteiger partial charge on any atom is 0.311 e. The van der Waals surface area contributed by atoms with Crippen LogP contribution in [-0.2, 0) is 9.53 Å². The summed E-state index contributed by atoms with van der Waals surface area (Å²) in [5.74, 6) is 0.685. The average molecular weight is 212 g/mol. The summed E-state index contributed by atoms with van der Waals surface area (Å²) in [5, 5.41) is 0. The van der Waals surface area contributed by atoms with E-state index in [4.69, 9.17) is 4.74 Å². The van der Waals surface area contributed by atoms with Crippen LogP contribution in [-0.4, -0.2) is 18.7 Å². The molecule has 4 aliphatic rings. The van der Waals surface area contributed by atoms with Crippen molar-refractivity contribution in [1.29, 1.82) is 0 Å². The fraction of sp³-hybridized carbons (Fsp3) is 0.917. The number of hydrogen-bond acceptors (Lipinski definition) is 2. The van der Waals surface area contributed by atoms with Crippen LogP contribution >= 0.6 is 0 Å². The first-order chi connectivity index (χ1) is 7.05. The number of carbonyl (C=O) groups excluding carboxylic acids is 1. The molecule has 0 spiro atoms. The molecule has 0 saturated heterocycles. The van der Waals surface area contributed by atoms with Gasteiger partial charge < -0.3 is 4.74 Å². The summed E-state index contributed by atoms with van der Waals surface area (Å²) in [5.41, 5.74) is -1.52. The first-order valence-corrected chi connectivity index (χ1v) is 5.83. The summed E-state index contributed by atoms with van der Waals surface area (Å²) >= 11 is 0. The number of carbonyl (C=O) groups is 1. The van der Waals surface area contributed by atoms with E-state index in [0.29, 0.717) is 31.1 Å². The standard InChI is InChI=1S/C12H17FO2/c1-15-10(14)11-3-8-2-9(4-11)6-12(13,5-8)7-11/h8-9H,2-7H2,1H3. The van der Waals surface area contributed by atoms with E-state index >= 15 is 0 Å². The van der Waals surface area contributed by atoms with E-state index in [1.54, 1.807) is 0 Å². The first kappa shape index (κ1) is 9.61. The maximum atomic E-state index is 14.4. The van der Waals surface area contributed by atoms with Gasteiger partial charge in [-0.25, -0.2) is 4.39 Å². The summed E-state index contributed by atoms with van der Waals surface area (Å²) in [6, 6.07) is 0. The molecule has 0 radical (unpaired) electrons. The zero-order valence-corrected chi connectivity index (χ0v) is 9.09. The lowest BCUT2D eigenvalue weighted by molar-refractivity contribution is -0.180. The SMILES string of the molecule is COC(=O)C12CC3CC(CC(F)(C3)C1)C2. The molecule has 0 aromatic heterocycles. The van der Waals surface area contributed by atoms with Gasteiger partial charge >= 0.3 is 5.97 Å². The predicted molar refractivity (Wildman–Crippen MR) is 53.0 cm³/mol. The summed E-state index contributed by atoms with van der Waals surface area (Å²) < 4.78 is 19.3. The van der Waals surface area contributed by atoms with Gasteiger partial charge in [-0.05, 0) is 50.4 Å². The Labute approximate surface area is 89.2 Å². The topological polar surface area (TPSA) is 26.3 Å². The van der Waals surface area contributed by atoms with Crippen molar-refractivity contribution in [3.8, 4) is 0 Å². The first-order valence-electron chi connectivity index (χ1n) is 5.83. The van der Waals surface area contributed by atoms with Crippen LogP contribution in [0.5, 0.6) is 0 Å². The molecule has 2 nitrogen and oxygen atoms in total. The van der Waals surface area contributed by atoms with Gasteiger partial charge in [-0.15, -0.1) is 0 Å². The lowest BCUT2D eigenvalue weighted by Crippen LogP contribution is -2.56. The second kappa shape index (κ2) is 2.74. The van der Waals surface area contributed by atoms with Crippen LogP contribution in [0.1, 0.15) is 38.5 Å². The molecule has 84 valence electrons. The largest absolute Gasteiger partial charge is 0.469 e. The third-order valence-electron chi connectivity index (χ3n) is 4.61. The second-order valence-corrected chi connectivity index (χ2v) is 5.88. The molecule has 0 aromatic carbocycles. The minimum absolute atomic E-state index is 0.168. The van der Waals surface area contributed by atoms with Crippen molar-refractivity contribution in [3.05, 3.63) is 0 Å². The number of alkyl halides is 1. The highest BCUT2D eigenvalue weighted by atomic mass is 19.1. The molecule has 3 heteroatoms. The third-order valence-corrected chi connectivity index (χ3v) is 4.61. The number of methoxy groups -OCH3 is 1. The van der Waals surface area contributed by atoms with E-state index in [1.165, 1.54) is 7.11 Å². The van der Waals surface area contributed by atoms with E-state index < -0.39 is 11.1 Å². The number of esters is 1. The molecule has 0 aliphatic heterocycles. The minimum atomic E-state index is -1.06. The lowest BCUT2D eigenvalue weighted by atomic mass is 9.48. The van der Waals surface area contributed by atoms with Crippen molar-refractivity contribution in [1.82, 2.24) is 0 Å². The van der Waals surface area contributed by atoms with Crippen molar-refractivity contribution in [2.24, 2.45) is 17.3 Å². The van der Waals surface area contributed by atoms with E-state index in [-0.39, 0.29) is 5.97 Å². The van der Waals surface area contributed by atoms with Crippen molar-refractivity contribution in [3.63, 3.8) is 0 Å². The smallest absolute Gasteiger partial charge is 0.311 e. The molecule has 4 aliphatic carbocycles. The van der Waals surface area contributed by atoms with Crippen molar-refractivity contribution in [2.45, 2.75) is 44.2 Å². The Hall–Kier alpha value is -0.600. The van der Waals surface area contributed by atoms with E-state index in [0.717, 1.165) is 19.3 Å². The fourth-order valence-corrected chi connectivity index (χ4v) is 4.61. The second-order valence-electron chi connectivity index (χ2n) is 5.88. The van der Waals surface area contributed by atoms with Gasteiger partial charge in [0.05, 0.1) is 12.5 Å². The van der Waals surface area contributed by atoms with Crippen molar-refractivity contribution < 1.29 is 13.9 Å². The van der Waals surface area contributed by atoms with E-state index in [1.807, 2.05) is 0 Å². The van der Waals surface area contributed by atoms with Crippen LogP contribution in [0.25, 0.3) is 0 Å². The third kappa shape index (κ3) is 1.25. The highest BCUT2D eigenvalue weighted by Gasteiger charge is 2.61. The van der Waals surface area contributed by atoms with Gasteiger partial charge in [-0.2, -0.15) is 0 Å². The highest BCUT2D eigenvalue weighted by molar-refractivity contribution is 5.77. The zero-order chi connectivity index (χ0) is 10.7. The summed E-state index contributed by atoms with van der Waals surface area (Å²) in [6.45, 7) is 0. The van der Waals surface area contributed by atoms with Crippen LogP contribution in [0, 0.1) is 17.3 Å². The molecule has 0 N–H and O–H groups in total. The Bertz CT molecular complexity index is 299. The Morgan fingerprint density at radius 3 is 2.33 bits per heavy atom.